The van der Waals surface area contributed by atoms with E-state index in [1.165, 1.54) is 21.9 Å². The molecule has 0 saturated heterocycles. The number of pyridine rings is 3. The third-order valence-electron chi connectivity index (χ3n) is 15.5. The summed E-state index contributed by atoms with van der Waals surface area (Å²) in [7, 11) is 0. The zero-order valence-corrected chi connectivity index (χ0v) is 44.4. The van der Waals surface area contributed by atoms with Crippen molar-refractivity contribution in [3.8, 4) is 118 Å². The summed E-state index contributed by atoms with van der Waals surface area (Å²) in [6.45, 7) is 0. The minimum Gasteiger partial charge on any atom is -0.436 e. The van der Waals surface area contributed by atoms with E-state index in [0.29, 0.717) is 5.89 Å². The smallest absolute Gasteiger partial charge is 0.227 e. The fourth-order valence-electron chi connectivity index (χ4n) is 11.5. The van der Waals surface area contributed by atoms with Crippen LogP contribution in [0.5, 0.6) is 0 Å². The second-order valence-corrected chi connectivity index (χ2v) is 20.5. The van der Waals surface area contributed by atoms with Crippen molar-refractivity contribution in [3.05, 3.63) is 297 Å². The summed E-state index contributed by atoms with van der Waals surface area (Å²) in [5.41, 5.74) is 22.6. The van der Waals surface area contributed by atoms with Crippen LogP contribution in [0.1, 0.15) is 0 Å². The third kappa shape index (κ3) is 8.91. The number of benzene rings is 10. The van der Waals surface area contributed by atoms with Gasteiger partial charge in [0.15, 0.2) is 5.58 Å². The Balaban J connectivity index is 1.02. The van der Waals surface area contributed by atoms with Crippen LogP contribution in [0.15, 0.2) is 302 Å². The van der Waals surface area contributed by atoms with Crippen LogP contribution in [-0.2, 0) is 0 Å². The van der Waals surface area contributed by atoms with Crippen molar-refractivity contribution in [1.82, 2.24) is 24.5 Å². The molecule has 0 N–H and O–H groups in total. The molecule has 0 bridgehead atoms. The first-order valence-electron chi connectivity index (χ1n) is 27.6. The molecule has 82 heavy (non-hydrogen) atoms. The molecule has 6 nitrogen and oxygen atoms in total. The summed E-state index contributed by atoms with van der Waals surface area (Å²) < 4.78 is 9.05. The molecule has 6 heteroatoms. The minimum absolute atomic E-state index is 0.528. The molecule has 0 amide bonds. The van der Waals surface area contributed by atoms with Gasteiger partial charge in [-0.1, -0.05) is 218 Å². The Hall–Kier alpha value is -11.1. The second kappa shape index (κ2) is 20.6. The highest BCUT2D eigenvalue weighted by Crippen LogP contribution is 2.47. The average Bonchev–Trinajstić information content (AvgIpc) is 3.94. The van der Waals surface area contributed by atoms with Gasteiger partial charge in [0.25, 0.3) is 0 Å². The van der Waals surface area contributed by atoms with E-state index in [4.69, 9.17) is 24.4 Å². The number of hydrogen-bond donors (Lipinski definition) is 0. The van der Waals surface area contributed by atoms with Crippen LogP contribution in [0.25, 0.3) is 151 Å². The zero-order chi connectivity index (χ0) is 54.3. The van der Waals surface area contributed by atoms with Crippen molar-refractivity contribution in [2.75, 3.05) is 0 Å². The largest absolute Gasteiger partial charge is 0.436 e. The first kappa shape index (κ1) is 48.1. The van der Waals surface area contributed by atoms with Crippen LogP contribution >= 0.6 is 0 Å². The van der Waals surface area contributed by atoms with Crippen LogP contribution in [0.3, 0.4) is 0 Å². The number of oxazole rings is 1. The molecule has 0 aliphatic carbocycles. The monoisotopic (exact) mass is 1050 g/mol. The van der Waals surface area contributed by atoms with Gasteiger partial charge in [0.05, 0.1) is 45.2 Å². The van der Waals surface area contributed by atoms with Crippen molar-refractivity contribution in [2.45, 2.75) is 0 Å². The summed E-state index contributed by atoms with van der Waals surface area (Å²) in [6, 6.07) is 104. The molecule has 0 aliphatic heterocycles. The standard InChI is InChI=1S/C76H49N5O/c1-6-22-50(23-7-1)56-40-43-72-63(44-56)61-33-18-20-36-71(61)81(72)59-41-38-55(39-42-59)75-74(58-47-68(53-28-12-4-13-29-53)78-69(48-58)54-30-14-5-15-31-54)64(60-32-16-17-34-62(60)76-80-65-35-19-21-37-73(65)82-76)49-70(79-75)57-45-66(51-24-8-2-9-25-51)77-67(46-57)52-26-10-3-11-27-52/h1-49H. The van der Waals surface area contributed by atoms with Gasteiger partial charge < -0.3 is 8.98 Å². The van der Waals surface area contributed by atoms with E-state index in [2.05, 4.69) is 253 Å². The van der Waals surface area contributed by atoms with Crippen LogP contribution in [0.4, 0.5) is 0 Å². The molecule has 10 aromatic carbocycles. The molecule has 15 aromatic rings. The van der Waals surface area contributed by atoms with Gasteiger partial charge in [0, 0.05) is 61.0 Å². The molecule has 0 aliphatic rings. The van der Waals surface area contributed by atoms with E-state index in [0.717, 1.165) is 123 Å². The normalized spacial score (nSPS) is 11.4. The lowest BCUT2D eigenvalue weighted by Crippen LogP contribution is -2.01. The summed E-state index contributed by atoms with van der Waals surface area (Å²) in [4.78, 5) is 21.8. The lowest BCUT2D eigenvalue weighted by molar-refractivity contribution is 0.620. The van der Waals surface area contributed by atoms with Crippen molar-refractivity contribution >= 4 is 32.9 Å². The molecule has 5 aromatic heterocycles. The first-order valence-corrected chi connectivity index (χ1v) is 27.6. The number of fused-ring (bicyclic) bond motifs is 4. The Labute approximate surface area is 474 Å². The van der Waals surface area contributed by atoms with Crippen molar-refractivity contribution < 1.29 is 4.42 Å². The van der Waals surface area contributed by atoms with E-state index in [9.17, 15) is 0 Å². The van der Waals surface area contributed by atoms with Crippen LogP contribution < -0.4 is 0 Å². The Morgan fingerprint density at radius 3 is 1.32 bits per heavy atom. The Kier molecular flexibility index (Phi) is 12.1. The molecule has 0 atom stereocenters. The Morgan fingerprint density at radius 2 is 0.732 bits per heavy atom. The Bertz CT molecular complexity index is 4680. The lowest BCUT2D eigenvalue weighted by atomic mass is 9.86. The number of aromatic nitrogens is 5. The molecule has 0 spiro atoms. The molecule has 5 heterocycles. The average molecular weight is 1050 g/mol. The molecule has 0 radical (unpaired) electrons. The van der Waals surface area contributed by atoms with Crippen LogP contribution in [-0.4, -0.2) is 24.5 Å². The highest BCUT2D eigenvalue weighted by atomic mass is 16.3. The zero-order valence-electron chi connectivity index (χ0n) is 44.4. The van der Waals surface area contributed by atoms with Gasteiger partial charge in [0.2, 0.25) is 5.89 Å². The summed E-state index contributed by atoms with van der Waals surface area (Å²) in [6.07, 6.45) is 0. The maximum absolute atomic E-state index is 6.67. The number of nitrogens with zero attached hydrogens (tertiary/aromatic N) is 5. The number of para-hydroxylation sites is 3. The number of hydrogen-bond acceptors (Lipinski definition) is 5. The Morgan fingerprint density at radius 1 is 0.268 bits per heavy atom. The number of rotatable bonds is 11. The highest BCUT2D eigenvalue weighted by Gasteiger charge is 2.25. The second-order valence-electron chi connectivity index (χ2n) is 20.5. The topological polar surface area (TPSA) is 69.6 Å². The van der Waals surface area contributed by atoms with E-state index >= 15 is 0 Å². The highest BCUT2D eigenvalue weighted by molar-refractivity contribution is 6.10. The molecule has 15 rings (SSSR count). The third-order valence-corrected chi connectivity index (χ3v) is 15.5. The van der Waals surface area contributed by atoms with Gasteiger partial charge in [-0.3, -0.25) is 0 Å². The van der Waals surface area contributed by atoms with Gasteiger partial charge in [-0.25, -0.2) is 19.9 Å². The maximum Gasteiger partial charge on any atom is 0.227 e. The van der Waals surface area contributed by atoms with E-state index in [-0.39, 0.29) is 0 Å². The van der Waals surface area contributed by atoms with E-state index < -0.39 is 0 Å². The summed E-state index contributed by atoms with van der Waals surface area (Å²) in [5.74, 6) is 0.528. The van der Waals surface area contributed by atoms with Gasteiger partial charge >= 0.3 is 0 Å². The molecule has 0 unspecified atom stereocenters. The molecule has 0 fully saturated rings. The van der Waals surface area contributed by atoms with Crippen molar-refractivity contribution in [1.29, 1.82) is 0 Å². The van der Waals surface area contributed by atoms with Gasteiger partial charge in [-0.05, 0) is 107 Å². The van der Waals surface area contributed by atoms with Gasteiger partial charge in [-0.2, -0.15) is 0 Å². The lowest BCUT2D eigenvalue weighted by Gasteiger charge is -2.21. The predicted octanol–water partition coefficient (Wildman–Crippen LogP) is 19.8. The quantitative estimate of drug-likeness (QED) is 0.129. The molecule has 384 valence electrons. The van der Waals surface area contributed by atoms with E-state index in [1.54, 1.807) is 0 Å². The molecule has 0 saturated carbocycles. The fourth-order valence-corrected chi connectivity index (χ4v) is 11.5. The van der Waals surface area contributed by atoms with Gasteiger partial charge in [0.1, 0.15) is 5.52 Å². The van der Waals surface area contributed by atoms with Crippen molar-refractivity contribution in [2.24, 2.45) is 0 Å². The van der Waals surface area contributed by atoms with E-state index in [1.807, 2.05) is 48.5 Å². The van der Waals surface area contributed by atoms with Crippen molar-refractivity contribution in [3.63, 3.8) is 0 Å². The van der Waals surface area contributed by atoms with Crippen LogP contribution in [0, 0.1) is 0 Å². The maximum atomic E-state index is 6.67. The predicted molar refractivity (Wildman–Crippen MR) is 336 cm³/mol. The fraction of sp³-hybridized carbons (Fsp3) is 0. The summed E-state index contributed by atoms with van der Waals surface area (Å²) in [5, 5.41) is 2.39. The van der Waals surface area contributed by atoms with Gasteiger partial charge in [-0.15, -0.1) is 0 Å². The SMILES string of the molecule is c1ccc(-c2ccc3c(c2)c2ccccc2n3-c2ccc(-c3nc(-c4cc(-c5ccccc5)nc(-c5ccccc5)c4)cc(-c4ccccc4-c4nc5ccccc5o4)c3-c3cc(-c4ccccc4)nc(-c4ccccc4)c3)cc2)cc1. The minimum atomic E-state index is 0.528. The first-order chi connectivity index (χ1) is 40.6. The van der Waals surface area contributed by atoms with Crippen LogP contribution in [0.2, 0.25) is 0 Å². The molecular weight excluding hydrogens is 999 g/mol. The summed E-state index contributed by atoms with van der Waals surface area (Å²) >= 11 is 0. The molecular formula is C76H49N5O.